The lowest BCUT2D eigenvalue weighted by Gasteiger charge is -2.16. The molecule has 0 aromatic heterocycles. The second-order valence-electron chi connectivity index (χ2n) is 9.13. The van der Waals surface area contributed by atoms with Gasteiger partial charge in [0.1, 0.15) is 6.29 Å². The van der Waals surface area contributed by atoms with Crippen LogP contribution in [0.1, 0.15) is 92.4 Å². The van der Waals surface area contributed by atoms with Crippen molar-refractivity contribution in [3.63, 3.8) is 0 Å². The molecule has 0 N–H and O–H groups in total. The molecule has 0 radical (unpaired) electrons. The summed E-state index contributed by atoms with van der Waals surface area (Å²) >= 11 is 0. The predicted octanol–water partition coefficient (Wildman–Crippen LogP) is 5.80. The lowest BCUT2D eigenvalue weighted by molar-refractivity contribution is -0.153. The Morgan fingerprint density at radius 2 is 1.60 bits per heavy atom. The Bertz CT molecular complexity index is 397. The van der Waals surface area contributed by atoms with E-state index in [4.69, 9.17) is 4.74 Å². The molecule has 0 spiro atoms. The predicted molar refractivity (Wildman–Crippen MR) is 103 cm³/mol. The van der Waals surface area contributed by atoms with E-state index in [2.05, 4.69) is 13.8 Å². The molecule has 1 rings (SSSR count). The van der Waals surface area contributed by atoms with Crippen LogP contribution in [0.3, 0.4) is 0 Å². The highest BCUT2D eigenvalue weighted by Crippen LogP contribution is 2.54. The van der Waals surface area contributed by atoms with Crippen LogP contribution in [0.25, 0.3) is 0 Å². The van der Waals surface area contributed by atoms with Crippen molar-refractivity contribution in [1.29, 1.82) is 0 Å². The van der Waals surface area contributed by atoms with Gasteiger partial charge in [0.05, 0.1) is 12.0 Å². The van der Waals surface area contributed by atoms with Gasteiger partial charge in [-0.05, 0) is 57.3 Å². The van der Waals surface area contributed by atoms with Crippen LogP contribution >= 0.6 is 0 Å². The quantitative estimate of drug-likeness (QED) is 0.239. The van der Waals surface area contributed by atoms with Crippen LogP contribution in [0.5, 0.6) is 0 Å². The van der Waals surface area contributed by atoms with Gasteiger partial charge in [-0.2, -0.15) is 0 Å². The molecule has 146 valence electrons. The fourth-order valence-electron chi connectivity index (χ4n) is 4.03. The molecule has 0 saturated heterocycles. The molecule has 0 heterocycles. The van der Waals surface area contributed by atoms with E-state index in [0.717, 1.165) is 43.3 Å². The molecule has 1 aliphatic rings. The first kappa shape index (κ1) is 22.2. The van der Waals surface area contributed by atoms with Crippen molar-refractivity contribution >= 4 is 12.3 Å². The average molecular weight is 353 g/mol. The molecule has 3 heteroatoms. The van der Waals surface area contributed by atoms with Gasteiger partial charge >= 0.3 is 5.97 Å². The highest BCUT2D eigenvalue weighted by Gasteiger charge is 2.48. The SMILES string of the molecule is C[C@H]1C(CCCCCCCCCOC(=O)C(C)(C)C)C1[C@@H](C)CC=O. The Morgan fingerprint density at radius 1 is 1.04 bits per heavy atom. The normalized spacial score (nSPS) is 24.0. The first-order valence-electron chi connectivity index (χ1n) is 10.4. The summed E-state index contributed by atoms with van der Waals surface area (Å²) in [6.45, 7) is 10.8. The van der Waals surface area contributed by atoms with E-state index in [9.17, 15) is 9.59 Å². The molecule has 4 atom stereocenters. The van der Waals surface area contributed by atoms with Crippen molar-refractivity contribution in [1.82, 2.24) is 0 Å². The van der Waals surface area contributed by atoms with E-state index in [-0.39, 0.29) is 11.4 Å². The number of esters is 1. The minimum absolute atomic E-state index is 0.0948. The van der Waals surface area contributed by atoms with Gasteiger partial charge in [0.2, 0.25) is 0 Å². The Morgan fingerprint density at radius 3 is 2.16 bits per heavy atom. The van der Waals surface area contributed by atoms with Crippen LogP contribution in [-0.4, -0.2) is 18.9 Å². The molecule has 0 amide bonds. The van der Waals surface area contributed by atoms with Crippen LogP contribution in [0.2, 0.25) is 0 Å². The summed E-state index contributed by atoms with van der Waals surface area (Å²) in [5.41, 5.74) is -0.386. The van der Waals surface area contributed by atoms with Crippen molar-refractivity contribution in [3.8, 4) is 0 Å². The highest BCUT2D eigenvalue weighted by molar-refractivity contribution is 5.75. The maximum atomic E-state index is 11.6. The molecule has 1 fully saturated rings. The van der Waals surface area contributed by atoms with E-state index in [1.54, 1.807) is 0 Å². The minimum atomic E-state index is -0.386. The number of hydrogen-bond donors (Lipinski definition) is 0. The zero-order valence-electron chi connectivity index (χ0n) is 17.2. The van der Waals surface area contributed by atoms with Gasteiger partial charge in [0.25, 0.3) is 0 Å². The van der Waals surface area contributed by atoms with Crippen LogP contribution in [0.15, 0.2) is 0 Å². The van der Waals surface area contributed by atoms with E-state index in [1.807, 2.05) is 20.8 Å². The largest absolute Gasteiger partial charge is 0.465 e. The standard InChI is InChI=1S/C22H40O3/c1-17(14-15-23)20-18(2)19(20)13-11-9-7-6-8-10-12-16-25-21(24)22(3,4)5/h15,17-20H,6-14,16H2,1-5H3/t17-,18-,19?,20?/m0/s1. The maximum Gasteiger partial charge on any atom is 0.311 e. The summed E-state index contributed by atoms with van der Waals surface area (Å²) in [4.78, 5) is 22.3. The topological polar surface area (TPSA) is 43.4 Å². The van der Waals surface area contributed by atoms with Gasteiger partial charge in [0, 0.05) is 6.42 Å². The van der Waals surface area contributed by atoms with Gasteiger partial charge < -0.3 is 9.53 Å². The lowest BCUT2D eigenvalue weighted by Crippen LogP contribution is -2.23. The second-order valence-corrected chi connectivity index (χ2v) is 9.13. The third kappa shape index (κ3) is 8.37. The molecule has 0 aliphatic heterocycles. The number of aldehydes is 1. The monoisotopic (exact) mass is 352 g/mol. The summed E-state index contributed by atoms with van der Waals surface area (Å²) < 4.78 is 5.28. The highest BCUT2D eigenvalue weighted by atomic mass is 16.5. The molecular weight excluding hydrogens is 312 g/mol. The Balaban J connectivity index is 1.90. The smallest absolute Gasteiger partial charge is 0.311 e. The number of unbranched alkanes of at least 4 members (excludes halogenated alkanes) is 6. The molecule has 3 nitrogen and oxygen atoms in total. The van der Waals surface area contributed by atoms with Crippen LogP contribution < -0.4 is 0 Å². The van der Waals surface area contributed by atoms with Gasteiger partial charge in [-0.25, -0.2) is 0 Å². The fraction of sp³-hybridized carbons (Fsp3) is 0.909. The third-order valence-electron chi connectivity index (χ3n) is 5.79. The molecule has 0 aromatic carbocycles. The molecule has 2 unspecified atom stereocenters. The zero-order valence-corrected chi connectivity index (χ0v) is 17.2. The Hall–Kier alpha value is -0.860. The second kappa shape index (κ2) is 11.0. The van der Waals surface area contributed by atoms with E-state index >= 15 is 0 Å². The molecule has 25 heavy (non-hydrogen) atoms. The van der Waals surface area contributed by atoms with Gasteiger partial charge in [0.15, 0.2) is 0 Å². The number of hydrogen-bond acceptors (Lipinski definition) is 3. The zero-order chi connectivity index (χ0) is 18.9. The van der Waals surface area contributed by atoms with Crippen LogP contribution in [0, 0.1) is 29.1 Å². The summed E-state index contributed by atoms with van der Waals surface area (Å²) in [6.07, 6.45) is 11.8. The van der Waals surface area contributed by atoms with Crippen molar-refractivity contribution in [2.24, 2.45) is 29.1 Å². The molecule has 1 saturated carbocycles. The minimum Gasteiger partial charge on any atom is -0.465 e. The van der Waals surface area contributed by atoms with Crippen molar-refractivity contribution in [2.45, 2.75) is 92.4 Å². The van der Waals surface area contributed by atoms with Crippen molar-refractivity contribution < 1.29 is 14.3 Å². The summed E-state index contributed by atoms with van der Waals surface area (Å²) in [7, 11) is 0. The summed E-state index contributed by atoms with van der Waals surface area (Å²) in [6, 6.07) is 0. The number of carbonyl (C=O) groups excluding carboxylic acids is 2. The van der Waals surface area contributed by atoms with E-state index in [1.165, 1.54) is 38.5 Å². The summed E-state index contributed by atoms with van der Waals surface area (Å²) in [5, 5.41) is 0. The Kier molecular flexibility index (Phi) is 9.74. The third-order valence-corrected chi connectivity index (χ3v) is 5.79. The lowest BCUT2D eigenvalue weighted by atomic mass is 9.97. The van der Waals surface area contributed by atoms with Crippen molar-refractivity contribution in [2.75, 3.05) is 6.61 Å². The van der Waals surface area contributed by atoms with Crippen LogP contribution in [0.4, 0.5) is 0 Å². The van der Waals surface area contributed by atoms with Gasteiger partial charge in [-0.3, -0.25) is 4.79 Å². The fourth-order valence-corrected chi connectivity index (χ4v) is 4.03. The molecule has 1 aliphatic carbocycles. The number of carbonyl (C=O) groups is 2. The maximum absolute atomic E-state index is 11.6. The van der Waals surface area contributed by atoms with Gasteiger partial charge in [-0.1, -0.05) is 52.4 Å². The van der Waals surface area contributed by atoms with Crippen molar-refractivity contribution in [3.05, 3.63) is 0 Å². The molecule has 0 bridgehead atoms. The summed E-state index contributed by atoms with van der Waals surface area (Å²) in [5.74, 6) is 2.96. The first-order valence-corrected chi connectivity index (χ1v) is 10.4. The van der Waals surface area contributed by atoms with E-state index in [0.29, 0.717) is 12.5 Å². The first-order chi connectivity index (χ1) is 11.8. The molecular formula is C22H40O3. The van der Waals surface area contributed by atoms with Gasteiger partial charge in [-0.15, -0.1) is 0 Å². The molecule has 0 aromatic rings. The number of ether oxygens (including phenoxy) is 1. The Labute approximate surface area is 155 Å². The van der Waals surface area contributed by atoms with E-state index < -0.39 is 0 Å². The number of rotatable bonds is 13. The van der Waals surface area contributed by atoms with Crippen LogP contribution in [-0.2, 0) is 14.3 Å². The average Bonchev–Trinajstić information content (AvgIpc) is 3.18.